The van der Waals surface area contributed by atoms with Crippen LogP contribution in [0.1, 0.15) is 19.8 Å². The number of unbranched alkanes of at least 4 members (excludes halogenated alkanes) is 1. The van der Waals surface area contributed by atoms with E-state index in [1.54, 1.807) is 0 Å². The molecular weight excluding hydrogens is 194 g/mol. The Balaban J connectivity index is 2.42. The second kappa shape index (κ2) is 4.05. The van der Waals surface area contributed by atoms with Crippen LogP contribution in [0.5, 0.6) is 0 Å². The lowest BCUT2D eigenvalue weighted by Crippen LogP contribution is -1.94. The van der Waals surface area contributed by atoms with Gasteiger partial charge in [-0.15, -0.1) is 0 Å². The zero-order valence-electron chi connectivity index (χ0n) is 8.26. The van der Waals surface area contributed by atoms with E-state index in [0.717, 1.165) is 17.0 Å². The molecule has 14 heavy (non-hydrogen) atoms. The molecule has 0 atom stereocenters. The number of aryl methyl sites for hydroxylation is 1. The molecule has 1 aromatic heterocycles. The molecule has 0 saturated heterocycles. The van der Waals surface area contributed by atoms with E-state index in [2.05, 4.69) is 23.6 Å². The van der Waals surface area contributed by atoms with Crippen molar-refractivity contribution < 1.29 is 0 Å². The molecule has 2 heteroatoms. The van der Waals surface area contributed by atoms with Gasteiger partial charge in [0.25, 0.3) is 0 Å². The number of rotatable bonds is 3. The van der Waals surface area contributed by atoms with Gasteiger partial charge >= 0.3 is 0 Å². The van der Waals surface area contributed by atoms with Gasteiger partial charge in [0, 0.05) is 24.2 Å². The molecule has 0 aliphatic rings. The van der Waals surface area contributed by atoms with Gasteiger partial charge in [0.2, 0.25) is 0 Å². The van der Waals surface area contributed by atoms with Gasteiger partial charge in [-0.25, -0.2) is 0 Å². The normalized spacial score (nSPS) is 11.0. The third kappa shape index (κ3) is 1.64. The topological polar surface area (TPSA) is 4.93 Å². The van der Waals surface area contributed by atoms with Crippen molar-refractivity contribution in [3.05, 3.63) is 35.5 Å². The van der Waals surface area contributed by atoms with E-state index in [4.69, 9.17) is 11.6 Å². The van der Waals surface area contributed by atoms with Crippen molar-refractivity contribution >= 4 is 22.5 Å². The molecule has 0 aliphatic carbocycles. The van der Waals surface area contributed by atoms with Crippen LogP contribution in [-0.4, -0.2) is 4.57 Å². The zero-order chi connectivity index (χ0) is 9.97. The lowest BCUT2D eigenvalue weighted by molar-refractivity contribution is 0.650. The maximum atomic E-state index is 6.06. The zero-order valence-corrected chi connectivity index (χ0v) is 9.01. The monoisotopic (exact) mass is 206 g/mol. The fourth-order valence-corrected chi connectivity index (χ4v) is 1.84. The number of nitrogens with zero attached hydrogens (tertiary/aromatic N) is 1. The second-order valence-electron chi connectivity index (χ2n) is 3.45. The molecule has 0 unspecified atom stereocenters. The molecule has 1 aromatic carbocycles. The van der Waals surface area contributed by atoms with Crippen LogP contribution in [-0.2, 0) is 6.54 Å². The van der Waals surface area contributed by atoms with Crippen LogP contribution in [0.15, 0.2) is 24.4 Å². The number of benzene rings is 1. The summed E-state index contributed by atoms with van der Waals surface area (Å²) in [5.74, 6) is 0. The van der Waals surface area contributed by atoms with Crippen LogP contribution >= 0.6 is 11.6 Å². The SMILES string of the molecule is CCCCn1c[c]c2c(Cl)cccc21. The molecule has 1 radical (unpaired) electrons. The van der Waals surface area contributed by atoms with Gasteiger partial charge in [0.15, 0.2) is 0 Å². The van der Waals surface area contributed by atoms with Gasteiger partial charge in [-0.3, -0.25) is 0 Å². The summed E-state index contributed by atoms with van der Waals surface area (Å²) in [4.78, 5) is 0. The summed E-state index contributed by atoms with van der Waals surface area (Å²) in [6, 6.07) is 9.18. The first-order chi connectivity index (χ1) is 6.83. The van der Waals surface area contributed by atoms with Crippen molar-refractivity contribution in [2.75, 3.05) is 0 Å². The van der Waals surface area contributed by atoms with Gasteiger partial charge in [-0.1, -0.05) is 31.0 Å². The van der Waals surface area contributed by atoms with Crippen molar-refractivity contribution in [3.8, 4) is 0 Å². The third-order valence-corrected chi connectivity index (χ3v) is 2.73. The Morgan fingerprint density at radius 2 is 2.29 bits per heavy atom. The highest BCUT2D eigenvalue weighted by Gasteiger charge is 2.03. The molecule has 73 valence electrons. The van der Waals surface area contributed by atoms with Crippen LogP contribution in [0.25, 0.3) is 10.9 Å². The number of fused-ring (bicyclic) bond motifs is 1. The van der Waals surface area contributed by atoms with Crippen LogP contribution in [0.3, 0.4) is 0 Å². The van der Waals surface area contributed by atoms with E-state index in [9.17, 15) is 0 Å². The molecule has 2 rings (SSSR count). The number of aromatic nitrogens is 1. The van der Waals surface area contributed by atoms with E-state index in [-0.39, 0.29) is 0 Å². The molecule has 1 nitrogen and oxygen atoms in total. The maximum absolute atomic E-state index is 6.06. The summed E-state index contributed by atoms with van der Waals surface area (Å²) in [5, 5.41) is 1.82. The first-order valence-corrected chi connectivity index (χ1v) is 5.35. The Morgan fingerprint density at radius 3 is 3.07 bits per heavy atom. The van der Waals surface area contributed by atoms with Crippen molar-refractivity contribution in [2.24, 2.45) is 0 Å². The quantitative estimate of drug-likeness (QED) is 0.718. The fraction of sp³-hybridized carbons (Fsp3) is 0.333. The average molecular weight is 207 g/mol. The Labute approximate surface area is 89.3 Å². The van der Waals surface area contributed by atoms with E-state index < -0.39 is 0 Å². The molecule has 0 aliphatic heterocycles. The largest absolute Gasteiger partial charge is 0.347 e. The predicted molar refractivity (Wildman–Crippen MR) is 60.7 cm³/mol. The number of hydrogen-bond acceptors (Lipinski definition) is 0. The van der Waals surface area contributed by atoms with Gasteiger partial charge in [0.05, 0.1) is 10.5 Å². The highest BCUT2D eigenvalue weighted by molar-refractivity contribution is 6.35. The standard InChI is InChI=1S/C12H13ClN/c1-2-3-8-14-9-7-10-11(13)5-4-6-12(10)14/h4-6,9H,2-3,8H2,1H3. The second-order valence-corrected chi connectivity index (χ2v) is 3.86. The van der Waals surface area contributed by atoms with Crippen molar-refractivity contribution in [2.45, 2.75) is 26.3 Å². The molecule has 0 bridgehead atoms. The maximum Gasteiger partial charge on any atom is 0.0506 e. The van der Waals surface area contributed by atoms with Crippen molar-refractivity contribution in [1.29, 1.82) is 0 Å². The molecule has 0 amide bonds. The Morgan fingerprint density at radius 1 is 1.43 bits per heavy atom. The minimum Gasteiger partial charge on any atom is -0.347 e. The van der Waals surface area contributed by atoms with Gasteiger partial charge < -0.3 is 4.57 Å². The van der Waals surface area contributed by atoms with Crippen molar-refractivity contribution in [1.82, 2.24) is 4.57 Å². The Bertz CT molecular complexity index is 431. The summed E-state index contributed by atoms with van der Waals surface area (Å²) < 4.78 is 2.21. The molecule has 0 N–H and O–H groups in total. The fourth-order valence-electron chi connectivity index (χ4n) is 1.62. The summed E-state index contributed by atoms with van der Waals surface area (Å²) in [7, 11) is 0. The summed E-state index contributed by atoms with van der Waals surface area (Å²) >= 11 is 6.06. The minimum atomic E-state index is 0.790. The lowest BCUT2D eigenvalue weighted by Gasteiger charge is -2.03. The molecule has 0 saturated carbocycles. The van der Waals surface area contributed by atoms with Crippen LogP contribution < -0.4 is 0 Å². The Hall–Kier alpha value is -0.950. The predicted octanol–water partition coefficient (Wildman–Crippen LogP) is 3.89. The molecule has 0 fully saturated rings. The summed E-state index contributed by atoms with van der Waals surface area (Å²) in [5.41, 5.74) is 1.19. The highest BCUT2D eigenvalue weighted by atomic mass is 35.5. The third-order valence-electron chi connectivity index (χ3n) is 2.42. The molecular formula is C12H13ClN. The van der Waals surface area contributed by atoms with Crippen LogP contribution in [0.4, 0.5) is 0 Å². The first-order valence-electron chi connectivity index (χ1n) is 4.98. The number of halogens is 1. The van der Waals surface area contributed by atoms with Gasteiger partial charge in [-0.2, -0.15) is 0 Å². The smallest absolute Gasteiger partial charge is 0.0506 e. The van der Waals surface area contributed by atoms with E-state index in [1.165, 1.54) is 18.4 Å². The Kier molecular flexibility index (Phi) is 2.78. The lowest BCUT2D eigenvalue weighted by atomic mass is 10.2. The summed E-state index contributed by atoms with van der Waals surface area (Å²) in [6.45, 7) is 3.25. The van der Waals surface area contributed by atoms with E-state index in [1.807, 2.05) is 18.3 Å². The van der Waals surface area contributed by atoms with Gasteiger partial charge in [-0.05, 0) is 18.6 Å². The number of hydrogen-bond donors (Lipinski definition) is 0. The van der Waals surface area contributed by atoms with Gasteiger partial charge in [0.1, 0.15) is 0 Å². The molecule has 2 aromatic rings. The average Bonchev–Trinajstić information content (AvgIpc) is 2.60. The van der Waals surface area contributed by atoms with Crippen molar-refractivity contribution in [3.63, 3.8) is 0 Å². The molecule has 1 heterocycles. The molecule has 0 spiro atoms. The van der Waals surface area contributed by atoms with E-state index >= 15 is 0 Å². The van der Waals surface area contributed by atoms with Crippen LogP contribution in [0, 0.1) is 6.07 Å². The first kappa shape index (κ1) is 9.60. The highest BCUT2D eigenvalue weighted by Crippen LogP contribution is 2.23. The van der Waals surface area contributed by atoms with E-state index in [0.29, 0.717) is 0 Å². The summed E-state index contributed by atoms with van der Waals surface area (Å²) in [6.07, 6.45) is 4.40. The van der Waals surface area contributed by atoms with Crippen LogP contribution in [0.2, 0.25) is 5.02 Å². The minimum absolute atomic E-state index is 0.790.